The zero-order valence-electron chi connectivity index (χ0n) is 10.7. The molecule has 2 N–H and O–H groups in total. The third kappa shape index (κ3) is 3.34. The molecule has 2 rings (SSSR count). The Morgan fingerprint density at radius 3 is 2.83 bits per heavy atom. The van der Waals surface area contributed by atoms with E-state index in [4.69, 9.17) is 22.1 Å². The predicted molar refractivity (Wildman–Crippen MR) is 74.0 cm³/mol. The lowest BCUT2D eigenvalue weighted by Crippen LogP contribution is -2.30. The first-order chi connectivity index (χ1) is 8.70. The first-order valence-electron chi connectivity index (χ1n) is 6.35. The predicted octanol–water partition coefficient (Wildman–Crippen LogP) is 2.06. The van der Waals surface area contributed by atoms with Gasteiger partial charge in [-0.25, -0.2) is 4.98 Å². The SMILES string of the molecule is CN(CC1CCOCC1)c1ccc(Cl)c(CN)n1. The summed E-state index contributed by atoms with van der Waals surface area (Å²) in [5, 5.41) is 0.640. The average Bonchev–Trinajstić information content (AvgIpc) is 2.40. The van der Waals surface area contributed by atoms with Crippen molar-refractivity contribution in [3.8, 4) is 0 Å². The highest BCUT2D eigenvalue weighted by molar-refractivity contribution is 6.31. The molecule has 1 aliphatic rings. The van der Waals surface area contributed by atoms with Gasteiger partial charge in [-0.3, -0.25) is 0 Å². The Bertz CT molecular complexity index is 394. The molecule has 1 fully saturated rings. The minimum Gasteiger partial charge on any atom is -0.381 e. The lowest BCUT2D eigenvalue weighted by molar-refractivity contribution is 0.0685. The van der Waals surface area contributed by atoms with Crippen molar-refractivity contribution in [3.63, 3.8) is 0 Å². The molecule has 0 saturated carbocycles. The molecule has 5 heteroatoms. The highest BCUT2D eigenvalue weighted by Gasteiger charge is 2.16. The second-order valence-electron chi connectivity index (χ2n) is 4.74. The van der Waals surface area contributed by atoms with Crippen LogP contribution >= 0.6 is 11.6 Å². The Hall–Kier alpha value is -0.840. The number of pyridine rings is 1. The van der Waals surface area contributed by atoms with Crippen LogP contribution in [0.5, 0.6) is 0 Å². The van der Waals surface area contributed by atoms with Gasteiger partial charge in [-0.1, -0.05) is 11.6 Å². The lowest BCUT2D eigenvalue weighted by Gasteiger charge is -2.28. The van der Waals surface area contributed by atoms with Crippen LogP contribution in [-0.4, -0.2) is 31.8 Å². The molecule has 0 atom stereocenters. The van der Waals surface area contributed by atoms with E-state index in [0.29, 0.717) is 17.5 Å². The summed E-state index contributed by atoms with van der Waals surface area (Å²) in [5.74, 6) is 1.62. The van der Waals surface area contributed by atoms with E-state index in [0.717, 1.165) is 44.1 Å². The summed E-state index contributed by atoms with van der Waals surface area (Å²) in [6, 6.07) is 3.81. The Labute approximate surface area is 113 Å². The summed E-state index contributed by atoms with van der Waals surface area (Å²) in [6.07, 6.45) is 2.25. The number of hydrogen-bond donors (Lipinski definition) is 1. The number of aromatic nitrogens is 1. The minimum absolute atomic E-state index is 0.373. The Morgan fingerprint density at radius 2 is 2.17 bits per heavy atom. The van der Waals surface area contributed by atoms with Crippen LogP contribution in [0.25, 0.3) is 0 Å². The van der Waals surface area contributed by atoms with Gasteiger partial charge in [0.1, 0.15) is 5.82 Å². The van der Waals surface area contributed by atoms with Crippen LogP contribution < -0.4 is 10.6 Å². The van der Waals surface area contributed by atoms with Crippen molar-refractivity contribution >= 4 is 17.4 Å². The van der Waals surface area contributed by atoms with Crippen LogP contribution in [0.2, 0.25) is 5.02 Å². The van der Waals surface area contributed by atoms with Gasteiger partial charge in [-0.05, 0) is 30.9 Å². The summed E-state index contributed by atoms with van der Waals surface area (Å²) < 4.78 is 5.37. The van der Waals surface area contributed by atoms with E-state index in [1.54, 1.807) is 0 Å². The summed E-state index contributed by atoms with van der Waals surface area (Å²) in [4.78, 5) is 6.67. The number of rotatable bonds is 4. The van der Waals surface area contributed by atoms with Gasteiger partial charge in [0.2, 0.25) is 0 Å². The van der Waals surface area contributed by atoms with Gasteiger partial charge in [-0.2, -0.15) is 0 Å². The van der Waals surface area contributed by atoms with Gasteiger partial charge in [0.15, 0.2) is 0 Å². The topological polar surface area (TPSA) is 51.4 Å². The summed E-state index contributed by atoms with van der Waals surface area (Å²) >= 11 is 6.02. The Kier molecular flexibility index (Phi) is 4.80. The molecular formula is C13H20ClN3O. The summed E-state index contributed by atoms with van der Waals surface area (Å²) in [7, 11) is 2.06. The summed E-state index contributed by atoms with van der Waals surface area (Å²) in [6.45, 7) is 3.13. The molecule has 18 heavy (non-hydrogen) atoms. The normalized spacial score (nSPS) is 16.8. The maximum Gasteiger partial charge on any atom is 0.128 e. The first-order valence-corrected chi connectivity index (χ1v) is 6.73. The molecule has 0 aliphatic carbocycles. The van der Waals surface area contributed by atoms with Crippen LogP contribution in [-0.2, 0) is 11.3 Å². The molecule has 4 nitrogen and oxygen atoms in total. The van der Waals surface area contributed by atoms with E-state index in [1.165, 1.54) is 0 Å². The molecule has 2 heterocycles. The third-order valence-corrected chi connectivity index (χ3v) is 3.71. The number of halogens is 1. The highest BCUT2D eigenvalue weighted by Crippen LogP contribution is 2.21. The van der Waals surface area contributed by atoms with E-state index in [2.05, 4.69) is 16.9 Å². The van der Waals surface area contributed by atoms with Crippen molar-refractivity contribution in [1.82, 2.24) is 4.98 Å². The van der Waals surface area contributed by atoms with E-state index in [-0.39, 0.29) is 0 Å². The molecule has 0 amide bonds. The molecule has 0 spiro atoms. The smallest absolute Gasteiger partial charge is 0.128 e. The molecule has 1 aliphatic heterocycles. The fourth-order valence-electron chi connectivity index (χ4n) is 2.24. The molecule has 1 saturated heterocycles. The van der Waals surface area contributed by atoms with Gasteiger partial charge in [-0.15, -0.1) is 0 Å². The maximum atomic E-state index is 6.02. The van der Waals surface area contributed by atoms with Crippen LogP contribution in [0, 0.1) is 5.92 Å². The molecule has 1 aromatic rings. The maximum absolute atomic E-state index is 6.02. The molecule has 0 unspecified atom stereocenters. The van der Waals surface area contributed by atoms with Crippen molar-refractivity contribution in [2.24, 2.45) is 11.7 Å². The fraction of sp³-hybridized carbons (Fsp3) is 0.615. The number of nitrogens with two attached hydrogens (primary N) is 1. The second kappa shape index (κ2) is 6.36. The van der Waals surface area contributed by atoms with E-state index in [1.807, 2.05) is 12.1 Å². The number of anilines is 1. The van der Waals surface area contributed by atoms with Crippen molar-refractivity contribution in [2.45, 2.75) is 19.4 Å². The summed E-state index contributed by atoms with van der Waals surface area (Å²) in [5.41, 5.74) is 6.38. The number of hydrogen-bond acceptors (Lipinski definition) is 4. The van der Waals surface area contributed by atoms with Gasteiger partial charge >= 0.3 is 0 Å². The van der Waals surface area contributed by atoms with E-state index >= 15 is 0 Å². The minimum atomic E-state index is 0.373. The first kappa shape index (κ1) is 13.6. The van der Waals surface area contributed by atoms with Crippen LogP contribution in [0.3, 0.4) is 0 Å². The molecule has 100 valence electrons. The highest BCUT2D eigenvalue weighted by atomic mass is 35.5. The number of nitrogens with zero attached hydrogens (tertiary/aromatic N) is 2. The molecule has 0 aromatic carbocycles. The van der Waals surface area contributed by atoms with Crippen LogP contribution in [0.1, 0.15) is 18.5 Å². The standard InChI is InChI=1S/C13H20ClN3O/c1-17(9-10-4-6-18-7-5-10)13-3-2-11(14)12(8-15)16-13/h2-3,10H,4-9,15H2,1H3. The largest absolute Gasteiger partial charge is 0.381 e. The molecule has 0 bridgehead atoms. The van der Waals surface area contributed by atoms with Gasteiger partial charge in [0.25, 0.3) is 0 Å². The van der Waals surface area contributed by atoms with Gasteiger partial charge in [0.05, 0.1) is 10.7 Å². The fourth-order valence-corrected chi connectivity index (χ4v) is 2.42. The Morgan fingerprint density at radius 1 is 1.44 bits per heavy atom. The molecule has 0 radical (unpaired) electrons. The quantitative estimate of drug-likeness (QED) is 0.909. The van der Waals surface area contributed by atoms with Crippen molar-refractivity contribution < 1.29 is 4.74 Å². The lowest BCUT2D eigenvalue weighted by atomic mass is 10.00. The van der Waals surface area contributed by atoms with Gasteiger partial charge in [0, 0.05) is 33.4 Å². The van der Waals surface area contributed by atoms with Crippen LogP contribution in [0.15, 0.2) is 12.1 Å². The third-order valence-electron chi connectivity index (χ3n) is 3.36. The molecule has 1 aromatic heterocycles. The van der Waals surface area contributed by atoms with Gasteiger partial charge < -0.3 is 15.4 Å². The van der Waals surface area contributed by atoms with E-state index < -0.39 is 0 Å². The zero-order chi connectivity index (χ0) is 13.0. The van der Waals surface area contributed by atoms with Crippen molar-refractivity contribution in [3.05, 3.63) is 22.8 Å². The number of ether oxygens (including phenoxy) is 1. The molecular weight excluding hydrogens is 250 g/mol. The van der Waals surface area contributed by atoms with Crippen molar-refractivity contribution in [2.75, 3.05) is 31.7 Å². The zero-order valence-corrected chi connectivity index (χ0v) is 11.5. The average molecular weight is 270 g/mol. The van der Waals surface area contributed by atoms with Crippen LogP contribution in [0.4, 0.5) is 5.82 Å². The van der Waals surface area contributed by atoms with E-state index in [9.17, 15) is 0 Å². The van der Waals surface area contributed by atoms with Crippen molar-refractivity contribution in [1.29, 1.82) is 0 Å². The monoisotopic (exact) mass is 269 g/mol. The second-order valence-corrected chi connectivity index (χ2v) is 5.15. The Balaban J connectivity index is 2.01.